The smallest absolute Gasteiger partial charge is 0.260 e. The molecule has 0 spiro atoms. The Morgan fingerprint density at radius 3 is 2.58 bits per heavy atom. The molecule has 3 aromatic rings. The summed E-state index contributed by atoms with van der Waals surface area (Å²) >= 11 is 6.14. The van der Waals surface area contributed by atoms with Crippen LogP contribution >= 0.6 is 11.6 Å². The van der Waals surface area contributed by atoms with Crippen molar-refractivity contribution in [2.24, 2.45) is 0 Å². The zero-order valence-electron chi connectivity index (χ0n) is 13.2. The summed E-state index contributed by atoms with van der Waals surface area (Å²) in [6, 6.07) is 11.1. The zero-order chi connectivity index (χ0) is 16.8. The monoisotopic (exact) mass is 342 g/mol. The molecule has 24 heavy (non-hydrogen) atoms. The van der Waals surface area contributed by atoms with Crippen molar-refractivity contribution in [2.75, 3.05) is 19.5 Å². The third-order valence-electron chi connectivity index (χ3n) is 4.30. The van der Waals surface area contributed by atoms with Crippen molar-refractivity contribution in [3.05, 3.63) is 51.8 Å². The molecular formula is C18H15ClN2O3. The molecule has 1 aromatic heterocycles. The van der Waals surface area contributed by atoms with Gasteiger partial charge in [0.1, 0.15) is 0 Å². The Bertz CT molecular complexity index is 1030. The van der Waals surface area contributed by atoms with Gasteiger partial charge in [-0.1, -0.05) is 11.6 Å². The topological polar surface area (TPSA) is 52.5 Å². The van der Waals surface area contributed by atoms with Gasteiger partial charge >= 0.3 is 0 Å². The second-order valence-electron chi connectivity index (χ2n) is 5.58. The van der Waals surface area contributed by atoms with Gasteiger partial charge in [0, 0.05) is 16.3 Å². The Kier molecular flexibility index (Phi) is 3.39. The molecule has 0 radical (unpaired) electrons. The van der Waals surface area contributed by atoms with Crippen LogP contribution in [0.5, 0.6) is 11.5 Å². The van der Waals surface area contributed by atoms with Crippen LogP contribution in [0.4, 0.5) is 5.69 Å². The summed E-state index contributed by atoms with van der Waals surface area (Å²) in [5.74, 6) is 1.13. The van der Waals surface area contributed by atoms with E-state index < -0.39 is 0 Å². The number of hydrogen-bond donors (Lipinski definition) is 1. The normalized spacial score (nSPS) is 12.3. The summed E-state index contributed by atoms with van der Waals surface area (Å²) in [6.07, 6.45) is 0. The van der Waals surface area contributed by atoms with Crippen molar-refractivity contribution in [1.82, 2.24) is 4.57 Å². The molecule has 0 fully saturated rings. The molecule has 0 saturated heterocycles. The summed E-state index contributed by atoms with van der Waals surface area (Å²) in [7, 11) is 3.13. The maximum atomic E-state index is 12.9. The Balaban J connectivity index is 2.06. The SMILES string of the molecule is COc1cc2cc3n(c(=O)c2cc1OC)CNc1ccc(Cl)cc1-3. The number of benzene rings is 2. The average Bonchev–Trinajstić information content (AvgIpc) is 2.60. The second kappa shape index (κ2) is 5.46. The molecule has 0 unspecified atom stereocenters. The third kappa shape index (κ3) is 2.12. The maximum absolute atomic E-state index is 12.9. The molecule has 1 aliphatic rings. The molecule has 0 amide bonds. The van der Waals surface area contributed by atoms with Crippen molar-refractivity contribution in [3.63, 3.8) is 0 Å². The summed E-state index contributed by atoms with van der Waals surface area (Å²) in [5, 5.41) is 5.27. The van der Waals surface area contributed by atoms with E-state index in [-0.39, 0.29) is 5.56 Å². The first-order chi connectivity index (χ1) is 11.6. The van der Waals surface area contributed by atoms with Gasteiger partial charge in [-0.15, -0.1) is 0 Å². The number of nitrogens with zero attached hydrogens (tertiary/aromatic N) is 1. The van der Waals surface area contributed by atoms with E-state index in [1.165, 1.54) is 0 Å². The average molecular weight is 343 g/mol. The number of rotatable bonds is 2. The number of anilines is 1. The number of hydrogen-bond acceptors (Lipinski definition) is 4. The summed E-state index contributed by atoms with van der Waals surface area (Å²) in [6.45, 7) is 0.410. The lowest BCUT2D eigenvalue weighted by atomic mass is 10.0. The molecular weight excluding hydrogens is 328 g/mol. The largest absolute Gasteiger partial charge is 0.493 e. The van der Waals surface area contributed by atoms with Gasteiger partial charge in [-0.05, 0) is 41.8 Å². The van der Waals surface area contributed by atoms with Crippen LogP contribution in [0, 0.1) is 0 Å². The minimum absolute atomic E-state index is 0.0819. The van der Waals surface area contributed by atoms with E-state index in [1.807, 2.05) is 30.3 Å². The lowest BCUT2D eigenvalue weighted by Crippen LogP contribution is -2.28. The highest BCUT2D eigenvalue weighted by molar-refractivity contribution is 6.31. The molecule has 0 aliphatic carbocycles. The van der Waals surface area contributed by atoms with Gasteiger partial charge in [0.2, 0.25) is 0 Å². The van der Waals surface area contributed by atoms with E-state index in [2.05, 4.69) is 5.32 Å². The summed E-state index contributed by atoms with van der Waals surface area (Å²) < 4.78 is 12.4. The Morgan fingerprint density at radius 2 is 1.83 bits per heavy atom. The van der Waals surface area contributed by atoms with Crippen molar-refractivity contribution in [3.8, 4) is 22.8 Å². The van der Waals surface area contributed by atoms with E-state index in [9.17, 15) is 4.79 Å². The van der Waals surface area contributed by atoms with Crippen LogP contribution in [0.15, 0.2) is 41.2 Å². The standard InChI is InChI=1S/C18H15ClN2O3/c1-23-16-6-10-5-15-13-7-11(19)3-4-14(13)20-9-21(15)18(22)12(10)8-17(16)24-2/h3-8,20H,9H2,1-2H3. The fraction of sp³-hybridized carbons (Fsp3) is 0.167. The Morgan fingerprint density at radius 1 is 1.08 bits per heavy atom. The molecule has 2 aromatic carbocycles. The fourth-order valence-electron chi connectivity index (χ4n) is 3.11. The maximum Gasteiger partial charge on any atom is 0.260 e. The Hall–Kier alpha value is -2.66. The molecule has 1 aliphatic heterocycles. The first-order valence-electron chi connectivity index (χ1n) is 7.45. The van der Waals surface area contributed by atoms with E-state index in [1.54, 1.807) is 24.9 Å². The number of methoxy groups -OCH3 is 2. The molecule has 5 nitrogen and oxygen atoms in total. The second-order valence-corrected chi connectivity index (χ2v) is 6.02. The van der Waals surface area contributed by atoms with Gasteiger partial charge in [0.25, 0.3) is 5.56 Å². The number of ether oxygens (including phenoxy) is 2. The molecule has 122 valence electrons. The van der Waals surface area contributed by atoms with Gasteiger partial charge in [-0.25, -0.2) is 0 Å². The predicted molar refractivity (Wildman–Crippen MR) is 95.4 cm³/mol. The minimum Gasteiger partial charge on any atom is -0.493 e. The molecule has 0 bridgehead atoms. The first-order valence-corrected chi connectivity index (χ1v) is 7.83. The summed E-state index contributed by atoms with van der Waals surface area (Å²) in [5.41, 5.74) is 2.61. The van der Waals surface area contributed by atoms with E-state index in [0.29, 0.717) is 28.6 Å². The quantitative estimate of drug-likeness (QED) is 0.771. The van der Waals surface area contributed by atoms with Crippen LogP contribution in [0.2, 0.25) is 5.02 Å². The van der Waals surface area contributed by atoms with Gasteiger partial charge in [0.05, 0.1) is 32.0 Å². The number of aromatic nitrogens is 1. The van der Waals surface area contributed by atoms with E-state index in [4.69, 9.17) is 21.1 Å². The number of fused-ring (bicyclic) bond motifs is 4. The molecule has 0 saturated carbocycles. The predicted octanol–water partition coefficient (Wildman–Crippen LogP) is 3.72. The van der Waals surface area contributed by atoms with Gasteiger partial charge in [-0.2, -0.15) is 0 Å². The highest BCUT2D eigenvalue weighted by Gasteiger charge is 2.20. The number of pyridine rings is 1. The van der Waals surface area contributed by atoms with Gasteiger partial charge < -0.3 is 14.8 Å². The molecule has 6 heteroatoms. The van der Waals surface area contributed by atoms with Gasteiger partial charge in [-0.3, -0.25) is 9.36 Å². The van der Waals surface area contributed by atoms with Crippen LogP contribution in [-0.2, 0) is 6.67 Å². The lowest BCUT2D eigenvalue weighted by molar-refractivity contribution is 0.356. The van der Waals surface area contributed by atoms with Crippen LogP contribution in [0.3, 0.4) is 0 Å². The first kappa shape index (κ1) is 14.9. The number of halogens is 1. The van der Waals surface area contributed by atoms with Crippen molar-refractivity contribution in [1.29, 1.82) is 0 Å². The fourth-order valence-corrected chi connectivity index (χ4v) is 3.28. The minimum atomic E-state index is -0.0819. The Labute approximate surface area is 143 Å². The highest BCUT2D eigenvalue weighted by atomic mass is 35.5. The zero-order valence-corrected chi connectivity index (χ0v) is 14.0. The summed E-state index contributed by atoms with van der Waals surface area (Å²) in [4.78, 5) is 12.9. The van der Waals surface area contributed by atoms with Gasteiger partial charge in [0.15, 0.2) is 11.5 Å². The number of nitrogens with one attached hydrogen (secondary N) is 1. The van der Waals surface area contributed by atoms with E-state index in [0.717, 1.165) is 22.3 Å². The van der Waals surface area contributed by atoms with Crippen LogP contribution < -0.4 is 20.3 Å². The highest BCUT2D eigenvalue weighted by Crippen LogP contribution is 2.37. The molecule has 0 atom stereocenters. The van der Waals surface area contributed by atoms with Crippen LogP contribution in [0.1, 0.15) is 0 Å². The van der Waals surface area contributed by atoms with Crippen molar-refractivity contribution in [2.45, 2.75) is 6.67 Å². The van der Waals surface area contributed by atoms with E-state index >= 15 is 0 Å². The molecule has 4 rings (SSSR count). The lowest BCUT2D eigenvalue weighted by Gasteiger charge is -2.24. The van der Waals surface area contributed by atoms with Crippen molar-refractivity contribution < 1.29 is 9.47 Å². The third-order valence-corrected chi connectivity index (χ3v) is 4.53. The molecule has 1 N–H and O–H groups in total. The molecule has 2 heterocycles. The van der Waals surface area contributed by atoms with Crippen molar-refractivity contribution >= 4 is 28.1 Å². The van der Waals surface area contributed by atoms with Crippen LogP contribution in [0.25, 0.3) is 22.0 Å². The van der Waals surface area contributed by atoms with Crippen LogP contribution in [-0.4, -0.2) is 18.8 Å².